The van der Waals surface area contributed by atoms with E-state index in [-0.39, 0.29) is 5.82 Å². The fraction of sp³-hybridized carbons (Fsp3) is 0.600. The molecule has 0 atom stereocenters. The summed E-state index contributed by atoms with van der Waals surface area (Å²) >= 11 is 0. The fourth-order valence-electron chi connectivity index (χ4n) is 1.78. The zero-order valence-electron chi connectivity index (χ0n) is 11.5. The Morgan fingerprint density at radius 2 is 1.78 bits per heavy atom. The van der Waals surface area contributed by atoms with E-state index in [1.165, 1.54) is 6.07 Å². The number of hydrogen-bond donors (Lipinski definition) is 2. The molecule has 0 aliphatic rings. The molecule has 18 heavy (non-hydrogen) atoms. The van der Waals surface area contributed by atoms with Gasteiger partial charge in [-0.05, 0) is 56.6 Å². The second-order valence-corrected chi connectivity index (χ2v) is 5.04. The predicted molar refractivity (Wildman–Crippen MR) is 75.3 cm³/mol. The first-order chi connectivity index (χ1) is 8.70. The lowest BCUT2D eigenvalue weighted by Crippen LogP contribution is -2.25. The first-order valence-corrected chi connectivity index (χ1v) is 6.85. The van der Waals surface area contributed by atoms with Crippen LogP contribution >= 0.6 is 0 Å². The van der Waals surface area contributed by atoms with Gasteiger partial charge < -0.3 is 10.6 Å². The normalized spacial score (nSPS) is 11.1. The van der Waals surface area contributed by atoms with Gasteiger partial charge in [0, 0.05) is 0 Å². The van der Waals surface area contributed by atoms with Crippen LogP contribution in [0.2, 0.25) is 0 Å². The summed E-state index contributed by atoms with van der Waals surface area (Å²) < 4.78 is 13.3. The van der Waals surface area contributed by atoms with Crippen LogP contribution in [0.1, 0.15) is 25.8 Å². The Labute approximate surface area is 110 Å². The molecule has 0 radical (unpaired) electrons. The van der Waals surface area contributed by atoms with E-state index in [0.29, 0.717) is 5.92 Å². The van der Waals surface area contributed by atoms with Crippen molar-refractivity contribution in [2.45, 2.75) is 26.7 Å². The highest BCUT2D eigenvalue weighted by atomic mass is 19.1. The van der Waals surface area contributed by atoms with Crippen molar-refractivity contribution in [2.24, 2.45) is 5.92 Å². The van der Waals surface area contributed by atoms with Gasteiger partial charge >= 0.3 is 0 Å². The van der Waals surface area contributed by atoms with Crippen molar-refractivity contribution in [3.63, 3.8) is 0 Å². The molecule has 3 heteroatoms. The van der Waals surface area contributed by atoms with Gasteiger partial charge in [-0.3, -0.25) is 0 Å². The van der Waals surface area contributed by atoms with Crippen molar-refractivity contribution in [1.29, 1.82) is 0 Å². The lowest BCUT2D eigenvalue weighted by molar-refractivity contribution is 0.529. The van der Waals surface area contributed by atoms with Gasteiger partial charge in [0.25, 0.3) is 0 Å². The van der Waals surface area contributed by atoms with Crippen LogP contribution in [0.15, 0.2) is 24.3 Å². The molecule has 0 spiro atoms. The van der Waals surface area contributed by atoms with Crippen molar-refractivity contribution in [2.75, 3.05) is 26.2 Å². The van der Waals surface area contributed by atoms with Crippen LogP contribution in [0.4, 0.5) is 4.39 Å². The van der Waals surface area contributed by atoms with Crippen LogP contribution in [0, 0.1) is 11.7 Å². The Morgan fingerprint density at radius 1 is 1.06 bits per heavy atom. The third-order valence-corrected chi connectivity index (χ3v) is 2.79. The van der Waals surface area contributed by atoms with E-state index < -0.39 is 0 Å². The fourth-order valence-corrected chi connectivity index (χ4v) is 1.78. The van der Waals surface area contributed by atoms with Crippen molar-refractivity contribution >= 4 is 0 Å². The SMILES string of the molecule is CC(C)CNCCCNCCc1ccccc1F. The number of rotatable bonds is 9. The number of hydrogen-bond acceptors (Lipinski definition) is 2. The van der Waals surface area contributed by atoms with E-state index in [0.717, 1.165) is 44.6 Å². The molecule has 2 nitrogen and oxygen atoms in total. The average Bonchev–Trinajstić information content (AvgIpc) is 2.34. The van der Waals surface area contributed by atoms with Gasteiger partial charge in [0.1, 0.15) is 5.82 Å². The van der Waals surface area contributed by atoms with Crippen molar-refractivity contribution in [3.05, 3.63) is 35.6 Å². The van der Waals surface area contributed by atoms with Crippen molar-refractivity contribution in [3.8, 4) is 0 Å². The van der Waals surface area contributed by atoms with Crippen LogP contribution in [0.5, 0.6) is 0 Å². The summed E-state index contributed by atoms with van der Waals surface area (Å²) in [5.74, 6) is 0.608. The molecule has 1 aromatic carbocycles. The summed E-state index contributed by atoms with van der Waals surface area (Å²) in [7, 11) is 0. The molecular formula is C15H25FN2. The van der Waals surface area contributed by atoms with Gasteiger partial charge in [0.05, 0.1) is 0 Å². The van der Waals surface area contributed by atoms with Crippen LogP contribution in [-0.4, -0.2) is 26.2 Å². The molecular weight excluding hydrogens is 227 g/mol. The smallest absolute Gasteiger partial charge is 0.126 e. The molecule has 0 heterocycles. The molecule has 102 valence electrons. The van der Waals surface area contributed by atoms with Crippen LogP contribution in [0.3, 0.4) is 0 Å². The van der Waals surface area contributed by atoms with Gasteiger partial charge in [-0.15, -0.1) is 0 Å². The second kappa shape index (κ2) is 9.06. The number of benzene rings is 1. The average molecular weight is 252 g/mol. The molecule has 2 N–H and O–H groups in total. The largest absolute Gasteiger partial charge is 0.316 e. The van der Waals surface area contributed by atoms with Gasteiger partial charge in [0.2, 0.25) is 0 Å². The molecule has 0 aromatic heterocycles. The topological polar surface area (TPSA) is 24.1 Å². The maximum atomic E-state index is 13.3. The third kappa shape index (κ3) is 6.72. The molecule has 0 aliphatic heterocycles. The summed E-state index contributed by atoms with van der Waals surface area (Å²) in [6.45, 7) is 8.37. The summed E-state index contributed by atoms with van der Waals surface area (Å²) in [5.41, 5.74) is 0.794. The van der Waals surface area contributed by atoms with Crippen molar-refractivity contribution in [1.82, 2.24) is 10.6 Å². The predicted octanol–water partition coefficient (Wildman–Crippen LogP) is 2.59. The first kappa shape index (κ1) is 15.1. The van der Waals surface area contributed by atoms with E-state index in [1.54, 1.807) is 6.07 Å². The maximum absolute atomic E-state index is 13.3. The Morgan fingerprint density at radius 3 is 2.50 bits per heavy atom. The molecule has 0 saturated heterocycles. The van der Waals surface area contributed by atoms with Gasteiger partial charge in [-0.1, -0.05) is 32.0 Å². The highest BCUT2D eigenvalue weighted by molar-refractivity contribution is 5.17. The minimum absolute atomic E-state index is 0.0992. The van der Waals surface area contributed by atoms with Crippen LogP contribution in [-0.2, 0) is 6.42 Å². The molecule has 0 bridgehead atoms. The molecule has 1 rings (SSSR count). The summed E-state index contributed by atoms with van der Waals surface area (Å²) in [4.78, 5) is 0. The lowest BCUT2D eigenvalue weighted by Gasteiger charge is -2.08. The van der Waals surface area contributed by atoms with E-state index in [9.17, 15) is 4.39 Å². The Hall–Kier alpha value is -0.930. The zero-order valence-corrected chi connectivity index (χ0v) is 11.5. The van der Waals surface area contributed by atoms with Crippen LogP contribution < -0.4 is 10.6 Å². The number of halogens is 1. The van der Waals surface area contributed by atoms with E-state index in [2.05, 4.69) is 24.5 Å². The lowest BCUT2D eigenvalue weighted by atomic mass is 10.1. The molecule has 1 aromatic rings. The molecule has 0 amide bonds. The van der Waals surface area contributed by atoms with E-state index in [4.69, 9.17) is 0 Å². The minimum atomic E-state index is -0.0992. The maximum Gasteiger partial charge on any atom is 0.126 e. The quantitative estimate of drug-likeness (QED) is 0.660. The molecule has 0 fully saturated rings. The second-order valence-electron chi connectivity index (χ2n) is 5.04. The molecule has 0 saturated carbocycles. The Kier molecular flexibility index (Phi) is 7.62. The van der Waals surface area contributed by atoms with Gasteiger partial charge in [-0.25, -0.2) is 4.39 Å². The third-order valence-electron chi connectivity index (χ3n) is 2.79. The molecule has 0 aliphatic carbocycles. The monoisotopic (exact) mass is 252 g/mol. The van der Waals surface area contributed by atoms with E-state index >= 15 is 0 Å². The number of nitrogens with one attached hydrogen (secondary N) is 2. The Bertz CT molecular complexity index is 326. The Balaban J connectivity index is 1.98. The summed E-state index contributed by atoms with van der Waals surface area (Å²) in [5, 5.41) is 6.75. The van der Waals surface area contributed by atoms with Crippen molar-refractivity contribution < 1.29 is 4.39 Å². The van der Waals surface area contributed by atoms with E-state index in [1.807, 2.05) is 12.1 Å². The zero-order chi connectivity index (χ0) is 13.2. The minimum Gasteiger partial charge on any atom is -0.316 e. The summed E-state index contributed by atoms with van der Waals surface area (Å²) in [6, 6.07) is 6.98. The molecule has 0 unspecified atom stereocenters. The van der Waals surface area contributed by atoms with Gasteiger partial charge in [-0.2, -0.15) is 0 Å². The summed E-state index contributed by atoms with van der Waals surface area (Å²) in [6.07, 6.45) is 1.87. The highest BCUT2D eigenvalue weighted by Crippen LogP contribution is 2.05. The highest BCUT2D eigenvalue weighted by Gasteiger charge is 1.99. The first-order valence-electron chi connectivity index (χ1n) is 6.85. The van der Waals surface area contributed by atoms with Gasteiger partial charge in [0.15, 0.2) is 0 Å². The van der Waals surface area contributed by atoms with Crippen LogP contribution in [0.25, 0.3) is 0 Å². The standard InChI is InChI=1S/C15H25FN2/c1-13(2)12-18-10-5-9-17-11-8-14-6-3-4-7-15(14)16/h3-4,6-7,13,17-18H,5,8-12H2,1-2H3.